The molecule has 0 saturated heterocycles. The number of phenols is 2. The highest BCUT2D eigenvalue weighted by Gasteiger charge is 2.26. The predicted octanol–water partition coefficient (Wildman–Crippen LogP) is 9.50. The third-order valence-corrected chi connectivity index (χ3v) is 8.47. The normalized spacial score (nSPS) is 19.5. The topological polar surface area (TPSA) is 40.5 Å². The molecule has 38 heavy (non-hydrogen) atoms. The monoisotopic (exact) mass is 498 g/mol. The van der Waals surface area contributed by atoms with Crippen LogP contribution in [0.2, 0.25) is 0 Å². The van der Waals surface area contributed by atoms with E-state index in [1.165, 1.54) is 35.1 Å². The van der Waals surface area contributed by atoms with E-state index in [9.17, 15) is 10.2 Å². The fraction of sp³-hybridized carbons (Fsp3) is 0.222. The average molecular weight is 499 g/mol. The van der Waals surface area contributed by atoms with Crippen molar-refractivity contribution in [1.29, 1.82) is 0 Å². The molecule has 2 aliphatic carbocycles. The maximum atomic E-state index is 10.5. The van der Waals surface area contributed by atoms with Crippen LogP contribution in [-0.4, -0.2) is 10.2 Å². The maximum Gasteiger partial charge on any atom is 0.123 e. The van der Waals surface area contributed by atoms with Gasteiger partial charge >= 0.3 is 0 Å². The van der Waals surface area contributed by atoms with Gasteiger partial charge in [0.25, 0.3) is 0 Å². The van der Waals surface area contributed by atoms with Crippen LogP contribution in [0.4, 0.5) is 0 Å². The van der Waals surface area contributed by atoms with Crippen LogP contribution in [0.5, 0.6) is 11.5 Å². The summed E-state index contributed by atoms with van der Waals surface area (Å²) in [5.41, 5.74) is 9.18. The number of hydrogen-bond donors (Lipinski definition) is 2. The summed E-state index contributed by atoms with van der Waals surface area (Å²) in [6.07, 6.45) is 11.8. The van der Waals surface area contributed by atoms with Crippen molar-refractivity contribution >= 4 is 11.1 Å². The lowest BCUT2D eigenvalue weighted by molar-refractivity contribution is 0.292. The fourth-order valence-electron chi connectivity index (χ4n) is 6.26. The summed E-state index contributed by atoms with van der Waals surface area (Å²) in [5, 5.41) is 20.9. The van der Waals surface area contributed by atoms with Gasteiger partial charge < -0.3 is 10.2 Å². The van der Waals surface area contributed by atoms with Gasteiger partial charge in [-0.3, -0.25) is 0 Å². The molecule has 2 nitrogen and oxygen atoms in total. The molecule has 2 heteroatoms. The standard InChI is InChI=1S/C36H34O2/c37-35-21-19-31(23-33(35)29-7-3-1-4-8-29)27-15-11-25(12-16-27)26-13-17-28(18-14-26)32-20-22-36(38)34(24-32)30-9-5-2-6-10-30/h1-10,15,17,19-26,37-38H,11-14,16,18H2. The van der Waals surface area contributed by atoms with Gasteiger partial charge in [-0.2, -0.15) is 0 Å². The minimum Gasteiger partial charge on any atom is -0.507 e. The second-order valence-electron chi connectivity index (χ2n) is 10.7. The summed E-state index contributed by atoms with van der Waals surface area (Å²) in [6.45, 7) is 0. The zero-order chi connectivity index (χ0) is 25.9. The van der Waals surface area contributed by atoms with Crippen molar-refractivity contribution in [2.75, 3.05) is 0 Å². The molecule has 190 valence electrons. The van der Waals surface area contributed by atoms with E-state index in [0.29, 0.717) is 11.5 Å². The second-order valence-corrected chi connectivity index (χ2v) is 10.7. The van der Waals surface area contributed by atoms with Gasteiger partial charge in [-0.25, -0.2) is 0 Å². The van der Waals surface area contributed by atoms with Crippen molar-refractivity contribution < 1.29 is 10.2 Å². The van der Waals surface area contributed by atoms with Crippen LogP contribution in [-0.2, 0) is 0 Å². The van der Waals surface area contributed by atoms with Crippen LogP contribution in [0.25, 0.3) is 33.4 Å². The molecule has 4 aromatic carbocycles. The number of hydrogen-bond acceptors (Lipinski definition) is 2. The van der Waals surface area contributed by atoms with Gasteiger partial charge in [0.1, 0.15) is 11.5 Å². The molecule has 2 N–H and O–H groups in total. The van der Waals surface area contributed by atoms with E-state index in [2.05, 4.69) is 60.7 Å². The molecular weight excluding hydrogens is 464 g/mol. The predicted molar refractivity (Wildman–Crippen MR) is 158 cm³/mol. The summed E-state index contributed by atoms with van der Waals surface area (Å²) in [4.78, 5) is 0. The van der Waals surface area contributed by atoms with E-state index in [4.69, 9.17) is 0 Å². The van der Waals surface area contributed by atoms with Crippen LogP contribution in [0, 0.1) is 11.8 Å². The highest BCUT2D eigenvalue weighted by molar-refractivity contribution is 5.78. The maximum absolute atomic E-state index is 10.5. The highest BCUT2D eigenvalue weighted by Crippen LogP contribution is 2.43. The zero-order valence-corrected chi connectivity index (χ0v) is 21.7. The van der Waals surface area contributed by atoms with Gasteiger partial charge in [-0.1, -0.05) is 84.9 Å². The molecule has 0 saturated carbocycles. The molecule has 4 aromatic rings. The Labute approximate surface area is 225 Å². The van der Waals surface area contributed by atoms with Crippen molar-refractivity contribution in [2.45, 2.75) is 38.5 Å². The Morgan fingerprint density at radius 2 is 0.895 bits per heavy atom. The molecule has 0 spiro atoms. The minimum atomic E-state index is 0.337. The molecule has 0 heterocycles. The summed E-state index contributed by atoms with van der Waals surface area (Å²) in [6, 6.07) is 32.4. The zero-order valence-electron chi connectivity index (χ0n) is 21.7. The Balaban J connectivity index is 1.14. The van der Waals surface area contributed by atoms with Gasteiger partial charge in [0.05, 0.1) is 0 Å². The summed E-state index contributed by atoms with van der Waals surface area (Å²) < 4.78 is 0. The Kier molecular flexibility index (Phi) is 6.88. The van der Waals surface area contributed by atoms with E-state index >= 15 is 0 Å². The van der Waals surface area contributed by atoms with Crippen LogP contribution in [0.3, 0.4) is 0 Å². The van der Waals surface area contributed by atoms with E-state index in [1.54, 1.807) is 0 Å². The van der Waals surface area contributed by atoms with Crippen LogP contribution in [0.15, 0.2) is 109 Å². The smallest absolute Gasteiger partial charge is 0.123 e. The first kappa shape index (κ1) is 24.3. The lowest BCUT2D eigenvalue weighted by atomic mass is 9.73. The van der Waals surface area contributed by atoms with E-state index in [0.717, 1.165) is 59.8 Å². The second kappa shape index (κ2) is 10.8. The van der Waals surface area contributed by atoms with Crippen molar-refractivity contribution in [2.24, 2.45) is 11.8 Å². The molecule has 2 unspecified atom stereocenters. The SMILES string of the molecule is Oc1ccc(C2=CCC(C3CC=C(c4ccc(O)c(-c5ccccc5)c4)CC3)CC2)cc1-c1ccccc1. The molecule has 0 aliphatic heterocycles. The van der Waals surface area contributed by atoms with Gasteiger partial charge in [-0.15, -0.1) is 0 Å². The Hall–Kier alpha value is -4.04. The van der Waals surface area contributed by atoms with Crippen LogP contribution in [0.1, 0.15) is 49.7 Å². The van der Waals surface area contributed by atoms with Gasteiger partial charge in [0, 0.05) is 11.1 Å². The number of phenolic OH excluding ortho intramolecular Hbond substituents is 2. The lowest BCUT2D eigenvalue weighted by Gasteiger charge is -2.32. The molecule has 0 aromatic heterocycles. The van der Waals surface area contributed by atoms with Gasteiger partial charge in [0.2, 0.25) is 0 Å². The van der Waals surface area contributed by atoms with Crippen LogP contribution >= 0.6 is 0 Å². The molecule has 0 radical (unpaired) electrons. The third kappa shape index (κ3) is 5.04. The number of benzene rings is 4. The third-order valence-electron chi connectivity index (χ3n) is 8.47. The number of rotatable bonds is 5. The van der Waals surface area contributed by atoms with Crippen molar-refractivity contribution in [3.05, 3.63) is 120 Å². The number of allylic oxidation sites excluding steroid dienone is 4. The Bertz CT molecular complexity index is 1370. The Morgan fingerprint density at radius 3 is 1.26 bits per heavy atom. The molecule has 2 aliphatic rings. The summed E-state index contributed by atoms with van der Waals surface area (Å²) in [5.74, 6) is 2.12. The molecule has 6 rings (SSSR count). The van der Waals surface area contributed by atoms with Crippen molar-refractivity contribution in [3.8, 4) is 33.8 Å². The van der Waals surface area contributed by atoms with E-state index < -0.39 is 0 Å². The first-order valence-corrected chi connectivity index (χ1v) is 13.8. The van der Waals surface area contributed by atoms with Gasteiger partial charge in [0.15, 0.2) is 0 Å². The van der Waals surface area contributed by atoms with E-state index in [1.807, 2.05) is 48.5 Å². The fourth-order valence-corrected chi connectivity index (χ4v) is 6.26. The molecule has 0 amide bonds. The first-order chi connectivity index (χ1) is 18.7. The highest BCUT2D eigenvalue weighted by atomic mass is 16.3. The number of aromatic hydroxyl groups is 2. The molecule has 0 bridgehead atoms. The van der Waals surface area contributed by atoms with Gasteiger partial charge in [-0.05, 0) is 108 Å². The van der Waals surface area contributed by atoms with Crippen molar-refractivity contribution in [1.82, 2.24) is 0 Å². The van der Waals surface area contributed by atoms with Crippen LogP contribution < -0.4 is 0 Å². The lowest BCUT2D eigenvalue weighted by Crippen LogP contribution is -2.19. The quantitative estimate of drug-likeness (QED) is 0.288. The summed E-state index contributed by atoms with van der Waals surface area (Å²) >= 11 is 0. The summed E-state index contributed by atoms with van der Waals surface area (Å²) in [7, 11) is 0. The Morgan fingerprint density at radius 1 is 0.474 bits per heavy atom. The molecular formula is C36H34O2. The largest absolute Gasteiger partial charge is 0.507 e. The molecule has 0 fully saturated rings. The first-order valence-electron chi connectivity index (χ1n) is 13.8. The minimum absolute atomic E-state index is 0.337. The van der Waals surface area contributed by atoms with E-state index in [-0.39, 0.29) is 0 Å². The van der Waals surface area contributed by atoms with Crippen molar-refractivity contribution in [3.63, 3.8) is 0 Å². The average Bonchev–Trinajstić information content (AvgIpc) is 2.99. The molecule has 2 atom stereocenters.